The topological polar surface area (TPSA) is 182 Å². The minimum Gasteiger partial charge on any atom is -0.506 e. The Morgan fingerprint density at radius 3 is 2.50 bits per heavy atom. The Bertz CT molecular complexity index is 2000. The second kappa shape index (κ2) is 15.4. The Morgan fingerprint density at radius 2 is 1.75 bits per heavy atom. The molecule has 0 aliphatic heterocycles. The van der Waals surface area contributed by atoms with E-state index in [1.54, 1.807) is 30.3 Å². The van der Waals surface area contributed by atoms with Crippen LogP contribution in [0.25, 0.3) is 22.0 Å². The van der Waals surface area contributed by atoms with Crippen molar-refractivity contribution in [1.29, 1.82) is 0 Å². The second-order valence-electron chi connectivity index (χ2n) is 10.8. The van der Waals surface area contributed by atoms with Gasteiger partial charge in [0.2, 0.25) is 5.56 Å². The molecule has 0 spiro atoms. The Morgan fingerprint density at radius 1 is 0.958 bits per heavy atom. The monoisotopic (exact) mass is 672 g/mol. The number of hydrogen-bond acceptors (Lipinski definition) is 8. The van der Waals surface area contributed by atoms with Crippen LogP contribution in [0.5, 0.6) is 11.5 Å². The average Bonchev–Trinajstić information content (AvgIpc) is 3.06. The molecule has 13 heteroatoms. The first-order valence-corrected chi connectivity index (χ1v) is 15.2. The van der Waals surface area contributed by atoms with E-state index in [0.717, 1.165) is 16.7 Å². The fraction of sp³-hybridized carbons (Fsp3) is 0.171. The zero-order chi connectivity index (χ0) is 34.2. The molecule has 5 aromatic rings. The fourth-order valence-corrected chi connectivity index (χ4v) is 5.50. The number of nitrogens with one attached hydrogen (secondary N) is 4. The number of fused-ring (bicyclic) bond motifs is 1. The Labute approximate surface area is 279 Å². The number of carbonyl (C=O) groups excluding carboxylic acids is 1. The highest BCUT2D eigenvalue weighted by Gasteiger charge is 2.17. The van der Waals surface area contributed by atoms with Crippen LogP contribution < -0.4 is 26.2 Å². The third-order valence-electron chi connectivity index (χ3n) is 7.56. The van der Waals surface area contributed by atoms with E-state index in [2.05, 4.69) is 20.9 Å². The summed E-state index contributed by atoms with van der Waals surface area (Å²) in [6.07, 6.45) is -2.55. The van der Waals surface area contributed by atoms with Crippen LogP contribution in [0.4, 0.5) is 21.0 Å². The van der Waals surface area contributed by atoms with E-state index in [1.165, 1.54) is 19.2 Å². The van der Waals surface area contributed by atoms with E-state index >= 15 is 0 Å². The molecular weight excluding hydrogens is 640 g/mol. The van der Waals surface area contributed by atoms with Gasteiger partial charge >= 0.3 is 12.2 Å². The summed E-state index contributed by atoms with van der Waals surface area (Å²) in [6.45, 7) is 0.419. The van der Waals surface area contributed by atoms with Gasteiger partial charge < -0.3 is 35.1 Å². The van der Waals surface area contributed by atoms with Crippen LogP contribution in [0, 0.1) is 0 Å². The molecule has 1 aromatic heterocycles. The highest BCUT2D eigenvalue weighted by atomic mass is 35.5. The van der Waals surface area contributed by atoms with E-state index in [0.29, 0.717) is 34.4 Å². The molecule has 4 aromatic carbocycles. The first-order valence-electron chi connectivity index (χ1n) is 14.8. The number of aromatic amines is 1. The predicted octanol–water partition coefficient (Wildman–Crippen LogP) is 6.27. The molecule has 0 saturated heterocycles. The zero-order valence-corrected chi connectivity index (χ0v) is 26.5. The molecular formula is C35H33ClN4O8. The Balaban J connectivity index is 1.17. The minimum absolute atomic E-state index is 0.0223. The summed E-state index contributed by atoms with van der Waals surface area (Å²) in [5.74, 6) is 0.336. The van der Waals surface area contributed by atoms with Crippen LogP contribution in [0.1, 0.15) is 22.8 Å². The van der Waals surface area contributed by atoms with E-state index in [1.807, 2.05) is 42.5 Å². The van der Waals surface area contributed by atoms with Crippen molar-refractivity contribution >= 4 is 46.1 Å². The number of halogens is 1. The first kappa shape index (κ1) is 33.8. The van der Waals surface area contributed by atoms with Gasteiger partial charge in [-0.2, -0.15) is 0 Å². The molecule has 0 fully saturated rings. The number of H-pyrrole nitrogens is 1. The normalized spacial score (nSPS) is 11.6. The molecule has 5 rings (SSSR count). The molecule has 1 unspecified atom stereocenters. The van der Waals surface area contributed by atoms with Crippen LogP contribution >= 0.6 is 11.6 Å². The van der Waals surface area contributed by atoms with Gasteiger partial charge in [0, 0.05) is 48.2 Å². The number of ether oxygens (including phenoxy) is 2. The number of phenolic OH excluding ortho intramolecular Hbond substituents is 1. The number of carboxylic acid groups (broad SMARTS) is 1. The van der Waals surface area contributed by atoms with Crippen molar-refractivity contribution in [2.24, 2.45) is 0 Å². The predicted molar refractivity (Wildman–Crippen MR) is 183 cm³/mol. The molecule has 7 N–H and O–H groups in total. The van der Waals surface area contributed by atoms with E-state index < -0.39 is 18.3 Å². The number of amides is 2. The molecule has 48 heavy (non-hydrogen) atoms. The summed E-state index contributed by atoms with van der Waals surface area (Å²) in [4.78, 5) is 38.3. The molecule has 1 heterocycles. The van der Waals surface area contributed by atoms with Gasteiger partial charge in [0.15, 0.2) is 0 Å². The fourth-order valence-electron chi connectivity index (χ4n) is 5.26. The average molecular weight is 673 g/mol. The number of pyridine rings is 1. The number of anilines is 2. The van der Waals surface area contributed by atoms with Crippen LogP contribution in [0.2, 0.25) is 5.02 Å². The van der Waals surface area contributed by atoms with E-state index in [9.17, 15) is 29.7 Å². The quantitative estimate of drug-likeness (QED) is 0.0803. The maximum Gasteiger partial charge on any atom is 0.411 e. The van der Waals surface area contributed by atoms with Gasteiger partial charge in [-0.25, -0.2) is 9.59 Å². The highest BCUT2D eigenvalue weighted by Crippen LogP contribution is 2.33. The molecule has 248 valence electrons. The summed E-state index contributed by atoms with van der Waals surface area (Å²) in [6, 6.07) is 23.8. The number of aliphatic hydroxyl groups is 1. The number of hydrogen-bond donors (Lipinski definition) is 7. The second-order valence-corrected chi connectivity index (χ2v) is 11.2. The molecule has 2 amide bonds. The van der Waals surface area contributed by atoms with Crippen molar-refractivity contribution < 1.29 is 34.4 Å². The number of aromatic nitrogens is 1. The van der Waals surface area contributed by atoms with Gasteiger partial charge in [-0.3, -0.25) is 15.4 Å². The standard InChI is InChI=1S/C35H33ClN4O8/c1-47-31-17-28(26(36)16-22(31)18-37-19-30(42)24-9-11-29(41)33-25(24)10-12-32(43)40-33)39-35(46)48-14-13-20-7-8-23(21-5-3-2-4-6-21)27(15-20)38-34(44)45/h2-12,15-17,30,37-38,41-42H,13-14,18-19H2,1H3,(H,39,46)(H,40,43)(H,44,45). The number of aromatic hydroxyl groups is 1. The zero-order valence-electron chi connectivity index (χ0n) is 25.7. The van der Waals surface area contributed by atoms with Crippen LogP contribution in [-0.2, 0) is 17.7 Å². The lowest BCUT2D eigenvalue weighted by molar-refractivity contribution is 0.163. The number of benzene rings is 4. The van der Waals surface area contributed by atoms with Crippen LogP contribution in [-0.4, -0.2) is 52.8 Å². The molecule has 0 radical (unpaired) electrons. The van der Waals surface area contributed by atoms with Crippen molar-refractivity contribution in [1.82, 2.24) is 10.3 Å². The van der Waals surface area contributed by atoms with Crippen molar-refractivity contribution in [3.05, 3.63) is 117 Å². The van der Waals surface area contributed by atoms with E-state index in [4.69, 9.17) is 21.1 Å². The number of phenols is 1. The number of carbonyl (C=O) groups is 2. The van der Waals surface area contributed by atoms with Gasteiger partial charge in [0.25, 0.3) is 0 Å². The maximum atomic E-state index is 12.6. The van der Waals surface area contributed by atoms with Gasteiger partial charge in [-0.15, -0.1) is 0 Å². The third-order valence-corrected chi connectivity index (χ3v) is 7.87. The lowest BCUT2D eigenvalue weighted by Crippen LogP contribution is -2.22. The van der Waals surface area contributed by atoms with Crippen molar-refractivity contribution in [3.8, 4) is 22.6 Å². The van der Waals surface area contributed by atoms with Gasteiger partial charge in [0.05, 0.1) is 41.7 Å². The molecule has 0 bridgehead atoms. The minimum atomic E-state index is -1.19. The van der Waals surface area contributed by atoms with E-state index in [-0.39, 0.29) is 47.2 Å². The van der Waals surface area contributed by atoms with Crippen molar-refractivity contribution in [2.45, 2.75) is 19.1 Å². The van der Waals surface area contributed by atoms with Crippen LogP contribution in [0.3, 0.4) is 0 Å². The molecule has 12 nitrogen and oxygen atoms in total. The molecule has 0 aliphatic carbocycles. The number of aliphatic hydroxyl groups excluding tert-OH is 1. The first-order chi connectivity index (χ1) is 23.1. The lowest BCUT2D eigenvalue weighted by Gasteiger charge is -2.17. The number of methoxy groups -OCH3 is 1. The van der Waals surface area contributed by atoms with Crippen LogP contribution in [0.15, 0.2) is 89.7 Å². The van der Waals surface area contributed by atoms with Crippen molar-refractivity contribution in [3.63, 3.8) is 0 Å². The summed E-state index contributed by atoms with van der Waals surface area (Å²) in [7, 11) is 1.48. The summed E-state index contributed by atoms with van der Waals surface area (Å²) in [5, 5.41) is 39.2. The molecule has 0 aliphatic rings. The Hall–Kier alpha value is -5.56. The largest absolute Gasteiger partial charge is 0.506 e. The summed E-state index contributed by atoms with van der Waals surface area (Å²) >= 11 is 6.48. The SMILES string of the molecule is COc1cc(NC(=O)OCCc2ccc(-c3ccccc3)c(NC(=O)O)c2)c(Cl)cc1CNCC(O)c1ccc(O)c2[nH]c(=O)ccc12. The summed E-state index contributed by atoms with van der Waals surface area (Å²) in [5.41, 5.74) is 4.11. The maximum absolute atomic E-state index is 12.6. The van der Waals surface area contributed by atoms with Gasteiger partial charge in [-0.05, 0) is 41.0 Å². The molecule has 0 saturated carbocycles. The smallest absolute Gasteiger partial charge is 0.411 e. The third kappa shape index (κ3) is 8.23. The molecule has 1 atom stereocenters. The summed E-state index contributed by atoms with van der Waals surface area (Å²) < 4.78 is 10.9. The Kier molecular flexibility index (Phi) is 10.8. The van der Waals surface area contributed by atoms with Gasteiger partial charge in [0.1, 0.15) is 11.5 Å². The highest BCUT2D eigenvalue weighted by molar-refractivity contribution is 6.33. The number of rotatable bonds is 12. The van der Waals surface area contributed by atoms with Crippen molar-refractivity contribution in [2.75, 3.05) is 30.9 Å². The van der Waals surface area contributed by atoms with Gasteiger partial charge in [-0.1, -0.05) is 60.1 Å². The lowest BCUT2D eigenvalue weighted by atomic mass is 10.0.